The van der Waals surface area contributed by atoms with Crippen molar-refractivity contribution >= 4 is 11.8 Å². The maximum atomic E-state index is 12.5. The van der Waals surface area contributed by atoms with Gasteiger partial charge in [0, 0.05) is 12.6 Å². The second-order valence-corrected chi connectivity index (χ2v) is 8.40. The van der Waals surface area contributed by atoms with Gasteiger partial charge >= 0.3 is 6.09 Å². The lowest BCUT2D eigenvalue weighted by Crippen LogP contribution is -2.35. The lowest BCUT2D eigenvalue weighted by molar-refractivity contribution is 0.0584. The summed E-state index contributed by atoms with van der Waals surface area (Å²) >= 11 is 0. The van der Waals surface area contributed by atoms with Gasteiger partial charge in [0.1, 0.15) is 17.4 Å². The molecule has 1 atom stereocenters. The molecule has 158 valence electrons. The third-order valence-corrected chi connectivity index (χ3v) is 4.91. The van der Waals surface area contributed by atoms with Crippen molar-refractivity contribution in [2.45, 2.75) is 38.9 Å². The summed E-state index contributed by atoms with van der Waals surface area (Å²) in [6.07, 6.45) is -0.0643. The highest BCUT2D eigenvalue weighted by atomic mass is 16.6. The van der Waals surface area contributed by atoms with Crippen molar-refractivity contribution in [2.24, 2.45) is 0 Å². The number of hydrogen-bond donors (Lipinski definition) is 1. The summed E-state index contributed by atoms with van der Waals surface area (Å²) in [5.41, 5.74) is 3.26. The number of rotatable bonds is 4. The van der Waals surface area contributed by atoms with Crippen molar-refractivity contribution in [1.82, 2.24) is 10.2 Å². The number of anilines is 1. The molecule has 7 heteroatoms. The van der Waals surface area contributed by atoms with Crippen molar-refractivity contribution in [2.75, 3.05) is 11.4 Å². The molecular weight excluding hydrogens is 392 g/mol. The summed E-state index contributed by atoms with van der Waals surface area (Å²) in [6, 6.07) is 19.2. The Balaban J connectivity index is 1.59. The van der Waals surface area contributed by atoms with Gasteiger partial charge in [-0.3, -0.25) is 10.00 Å². The second-order valence-electron chi connectivity index (χ2n) is 8.40. The van der Waals surface area contributed by atoms with E-state index < -0.39 is 11.7 Å². The number of amides is 1. The van der Waals surface area contributed by atoms with E-state index >= 15 is 0 Å². The molecule has 3 aromatic rings. The highest BCUT2D eigenvalue weighted by Crippen LogP contribution is 2.35. The Morgan fingerprint density at radius 2 is 1.97 bits per heavy atom. The first-order valence-corrected chi connectivity index (χ1v) is 10.1. The van der Waals surface area contributed by atoms with Gasteiger partial charge in [0.05, 0.1) is 11.4 Å². The van der Waals surface area contributed by atoms with Gasteiger partial charge in [0.2, 0.25) is 0 Å². The largest absolute Gasteiger partial charge is 0.479 e. The average molecular weight is 416 g/mol. The Labute approximate surface area is 181 Å². The molecule has 0 fully saturated rings. The van der Waals surface area contributed by atoms with E-state index in [4.69, 9.17) is 14.7 Å². The van der Waals surface area contributed by atoms with E-state index in [-0.39, 0.29) is 6.09 Å². The Morgan fingerprint density at radius 3 is 2.65 bits per heavy atom. The number of aromatic nitrogens is 2. The summed E-state index contributed by atoms with van der Waals surface area (Å²) in [4.78, 5) is 14.2. The number of carbonyl (C=O) groups excluding carboxylic acids is 1. The van der Waals surface area contributed by atoms with Crippen LogP contribution >= 0.6 is 0 Å². The van der Waals surface area contributed by atoms with Crippen molar-refractivity contribution in [3.8, 4) is 11.8 Å². The van der Waals surface area contributed by atoms with Crippen LogP contribution in [-0.4, -0.2) is 28.4 Å². The first kappa shape index (κ1) is 20.5. The Morgan fingerprint density at radius 1 is 1.19 bits per heavy atom. The van der Waals surface area contributed by atoms with E-state index in [1.54, 1.807) is 11.0 Å². The van der Waals surface area contributed by atoms with Crippen LogP contribution in [0.4, 0.5) is 10.5 Å². The van der Waals surface area contributed by atoms with Gasteiger partial charge in [-0.25, -0.2) is 4.79 Å². The van der Waals surface area contributed by atoms with Crippen LogP contribution < -0.4 is 9.64 Å². The summed E-state index contributed by atoms with van der Waals surface area (Å²) in [5.74, 6) is 0.673. The van der Waals surface area contributed by atoms with Crippen molar-refractivity contribution in [1.29, 1.82) is 5.26 Å². The minimum atomic E-state index is -0.544. The van der Waals surface area contributed by atoms with Crippen LogP contribution in [-0.2, 0) is 11.2 Å². The summed E-state index contributed by atoms with van der Waals surface area (Å²) < 4.78 is 11.9. The molecule has 31 heavy (non-hydrogen) atoms. The predicted octanol–water partition coefficient (Wildman–Crippen LogP) is 4.75. The van der Waals surface area contributed by atoms with Gasteiger partial charge in [-0.2, -0.15) is 10.4 Å². The average Bonchev–Trinajstić information content (AvgIpc) is 3.38. The molecule has 1 amide bonds. The third kappa shape index (κ3) is 4.53. The molecule has 1 aliphatic heterocycles. The zero-order valence-electron chi connectivity index (χ0n) is 17.8. The number of H-pyrrole nitrogens is 1. The lowest BCUT2D eigenvalue weighted by atomic mass is 10.1. The highest BCUT2D eigenvalue weighted by Gasteiger charge is 2.29. The number of ether oxygens (including phenoxy) is 2. The molecule has 0 radical (unpaired) electrons. The number of hydrogen-bond acceptors (Lipinski definition) is 5. The molecular formula is C24H24N4O3. The molecule has 1 aliphatic rings. The number of carbonyl (C=O) groups is 1. The van der Waals surface area contributed by atoms with Crippen LogP contribution in [0.5, 0.6) is 5.75 Å². The van der Waals surface area contributed by atoms with Gasteiger partial charge in [-0.1, -0.05) is 30.3 Å². The van der Waals surface area contributed by atoms with E-state index in [2.05, 4.69) is 10.2 Å². The molecule has 1 unspecified atom stereocenters. The molecule has 1 aromatic heterocycles. The Kier molecular flexibility index (Phi) is 5.38. The molecule has 1 N–H and O–H groups in total. The topological polar surface area (TPSA) is 91.2 Å². The van der Waals surface area contributed by atoms with Crippen LogP contribution in [0.3, 0.4) is 0 Å². The van der Waals surface area contributed by atoms with Gasteiger partial charge in [-0.15, -0.1) is 0 Å². The number of nitrogens with zero attached hydrogens (tertiary/aromatic N) is 3. The van der Waals surface area contributed by atoms with Gasteiger partial charge < -0.3 is 9.47 Å². The molecule has 0 saturated heterocycles. The maximum absolute atomic E-state index is 12.5. The summed E-state index contributed by atoms with van der Waals surface area (Å²) in [6.45, 7) is 6.14. The van der Waals surface area contributed by atoms with Crippen molar-refractivity contribution in [3.63, 3.8) is 0 Å². The third-order valence-electron chi connectivity index (χ3n) is 4.91. The first-order valence-electron chi connectivity index (χ1n) is 10.1. The van der Waals surface area contributed by atoms with Crippen LogP contribution in [0, 0.1) is 11.3 Å². The highest BCUT2D eigenvalue weighted by molar-refractivity contribution is 5.90. The van der Waals surface area contributed by atoms with Crippen LogP contribution in [0.15, 0.2) is 54.6 Å². The molecule has 7 nitrogen and oxygen atoms in total. The van der Waals surface area contributed by atoms with E-state index in [9.17, 15) is 4.79 Å². The molecule has 2 heterocycles. The number of benzene rings is 2. The Hall–Kier alpha value is -3.79. The fraction of sp³-hybridized carbons (Fsp3) is 0.292. The standard InChI is InChI=1S/C24H24N4O3/c1-24(2,3)31-23(29)28-12-11-17-13-19(9-10-21(17)28)30-22(16-7-5-4-6-8-16)20-14-18(15-25)26-27-20/h4-10,13-14,22H,11-12H2,1-3H3,(H,26,27). The van der Waals surface area contributed by atoms with Crippen LogP contribution in [0.2, 0.25) is 0 Å². The quantitative estimate of drug-likeness (QED) is 0.663. The lowest BCUT2D eigenvalue weighted by Gasteiger charge is -2.25. The smallest absolute Gasteiger partial charge is 0.414 e. The first-order chi connectivity index (χ1) is 14.8. The molecule has 0 saturated carbocycles. The minimum Gasteiger partial charge on any atom is -0.479 e. The van der Waals surface area contributed by atoms with Crippen molar-refractivity contribution < 1.29 is 14.3 Å². The molecule has 0 spiro atoms. The number of fused-ring (bicyclic) bond motifs is 1. The number of aromatic amines is 1. The van der Waals surface area contributed by atoms with Crippen LogP contribution in [0.1, 0.15) is 49.4 Å². The fourth-order valence-corrected chi connectivity index (χ4v) is 3.56. The SMILES string of the molecule is CC(C)(C)OC(=O)N1CCc2cc(OC(c3ccccc3)c3cc(C#N)n[nH]3)ccc21. The monoisotopic (exact) mass is 416 g/mol. The van der Waals surface area contributed by atoms with Crippen LogP contribution in [0.25, 0.3) is 0 Å². The number of nitrogens with one attached hydrogen (secondary N) is 1. The van der Waals surface area contributed by atoms with Gasteiger partial charge in [-0.05, 0) is 56.5 Å². The van der Waals surface area contributed by atoms with E-state index in [1.807, 2.05) is 75.4 Å². The minimum absolute atomic E-state index is 0.307. The van der Waals surface area contributed by atoms with E-state index in [0.29, 0.717) is 23.7 Å². The molecule has 2 aromatic carbocycles. The predicted molar refractivity (Wildman–Crippen MR) is 116 cm³/mol. The zero-order chi connectivity index (χ0) is 22.0. The van der Waals surface area contributed by atoms with Crippen molar-refractivity contribution in [3.05, 3.63) is 77.1 Å². The number of nitriles is 1. The fourth-order valence-electron chi connectivity index (χ4n) is 3.56. The van der Waals surface area contributed by atoms with Gasteiger partial charge in [0.25, 0.3) is 0 Å². The summed E-state index contributed by atoms with van der Waals surface area (Å²) in [5, 5.41) is 16.0. The Bertz CT molecular complexity index is 1130. The van der Waals surface area contributed by atoms with Gasteiger partial charge in [0.15, 0.2) is 11.8 Å². The van der Waals surface area contributed by atoms with E-state index in [0.717, 1.165) is 23.2 Å². The summed E-state index contributed by atoms with van der Waals surface area (Å²) in [7, 11) is 0. The maximum Gasteiger partial charge on any atom is 0.414 e. The molecule has 0 bridgehead atoms. The van der Waals surface area contributed by atoms with E-state index in [1.165, 1.54) is 0 Å². The second kappa shape index (κ2) is 8.15. The normalized spacial score (nSPS) is 13.9. The zero-order valence-corrected chi connectivity index (χ0v) is 17.8. The molecule has 0 aliphatic carbocycles. The molecule has 4 rings (SSSR count).